The quantitative estimate of drug-likeness (QED) is 0.675. The van der Waals surface area contributed by atoms with Crippen molar-refractivity contribution in [3.05, 3.63) is 70.7 Å². The van der Waals surface area contributed by atoms with Crippen LogP contribution in [0.4, 0.5) is 4.39 Å². The summed E-state index contributed by atoms with van der Waals surface area (Å²) in [5, 5.41) is 14.2. The smallest absolute Gasteiger partial charge is 0.256 e. The monoisotopic (exact) mass is 427 g/mol. The fourth-order valence-corrected chi connectivity index (χ4v) is 4.54. The van der Waals surface area contributed by atoms with Crippen molar-refractivity contribution in [3.63, 3.8) is 0 Å². The highest BCUT2D eigenvalue weighted by molar-refractivity contribution is 6.30. The first-order valence-corrected chi connectivity index (χ1v) is 10.3. The molecule has 4 rings (SSSR count). The summed E-state index contributed by atoms with van der Waals surface area (Å²) < 4.78 is 19.4. The molecule has 1 aliphatic heterocycles. The van der Waals surface area contributed by atoms with Gasteiger partial charge in [-0.3, -0.25) is 4.79 Å². The maximum atomic E-state index is 14.0. The highest BCUT2D eigenvalue weighted by Gasteiger charge is 2.48. The molecule has 2 N–H and O–H groups in total. The van der Waals surface area contributed by atoms with Gasteiger partial charge in [-0.25, -0.2) is 4.39 Å². The second-order valence-electron chi connectivity index (χ2n) is 7.83. The third kappa shape index (κ3) is 3.42. The lowest BCUT2D eigenvalue weighted by atomic mass is 9.79. The zero-order chi connectivity index (χ0) is 21.5. The van der Waals surface area contributed by atoms with Gasteiger partial charge >= 0.3 is 0 Å². The van der Waals surface area contributed by atoms with Crippen LogP contribution in [0.2, 0.25) is 5.02 Å². The molecule has 0 atom stereocenters. The summed E-state index contributed by atoms with van der Waals surface area (Å²) in [6.45, 7) is 3.84. The summed E-state index contributed by atoms with van der Waals surface area (Å²) in [5.41, 5.74) is 2.11. The van der Waals surface area contributed by atoms with Gasteiger partial charge < -0.3 is 15.2 Å². The minimum atomic E-state index is -0.762. The maximum absolute atomic E-state index is 14.0. The van der Waals surface area contributed by atoms with E-state index < -0.39 is 11.4 Å². The second kappa shape index (κ2) is 7.89. The Bertz CT molecular complexity index is 1050. The Morgan fingerprint density at radius 1 is 1.23 bits per heavy atom. The van der Waals surface area contributed by atoms with Crippen molar-refractivity contribution >= 4 is 29.2 Å². The van der Waals surface area contributed by atoms with Gasteiger partial charge in [0.1, 0.15) is 11.6 Å². The summed E-state index contributed by atoms with van der Waals surface area (Å²) in [5.74, 6) is -0.770. The third-order valence-electron chi connectivity index (χ3n) is 6.18. The molecule has 30 heavy (non-hydrogen) atoms. The van der Waals surface area contributed by atoms with E-state index in [0.29, 0.717) is 35.1 Å². The van der Waals surface area contributed by atoms with Crippen molar-refractivity contribution in [2.75, 3.05) is 7.11 Å². The molecule has 4 nitrogen and oxygen atoms in total. The number of amides is 1. The zero-order valence-corrected chi connectivity index (χ0v) is 17.4. The van der Waals surface area contributed by atoms with Crippen molar-refractivity contribution in [2.24, 2.45) is 0 Å². The molecule has 6 heteroatoms. The molecule has 1 spiro atoms. The Balaban J connectivity index is 1.79. The first-order chi connectivity index (χ1) is 14.4. The zero-order valence-electron chi connectivity index (χ0n) is 16.7. The average molecular weight is 428 g/mol. The first kappa shape index (κ1) is 20.6. The van der Waals surface area contributed by atoms with Gasteiger partial charge in [0.2, 0.25) is 0 Å². The number of hydrogen-bond acceptors (Lipinski definition) is 3. The van der Waals surface area contributed by atoms with Crippen LogP contribution in [0.5, 0.6) is 0 Å². The molecule has 0 unspecified atom stereocenters. The number of aliphatic hydroxyl groups excluding tert-OH is 1. The number of benzene rings is 2. The summed E-state index contributed by atoms with van der Waals surface area (Å²) >= 11 is 5.80. The average Bonchev–Trinajstić information content (AvgIpc) is 2.99. The molecule has 1 saturated carbocycles. The van der Waals surface area contributed by atoms with Gasteiger partial charge in [0, 0.05) is 7.11 Å². The number of hydrogen-bond donors (Lipinski definition) is 2. The van der Waals surface area contributed by atoms with E-state index in [9.17, 15) is 14.3 Å². The van der Waals surface area contributed by atoms with E-state index in [1.165, 1.54) is 12.1 Å². The van der Waals surface area contributed by atoms with Gasteiger partial charge in [0.15, 0.2) is 0 Å². The van der Waals surface area contributed by atoms with Gasteiger partial charge in [-0.05, 0) is 66.1 Å². The molecular weight excluding hydrogens is 405 g/mol. The lowest BCUT2D eigenvalue weighted by Gasteiger charge is -2.36. The number of nitrogens with one attached hydrogen (secondary N) is 1. The van der Waals surface area contributed by atoms with Crippen LogP contribution in [0.3, 0.4) is 0 Å². The fourth-order valence-electron chi connectivity index (χ4n) is 4.42. The summed E-state index contributed by atoms with van der Waals surface area (Å²) in [6.07, 6.45) is 4.51. The predicted octanol–water partition coefficient (Wildman–Crippen LogP) is 5.52. The number of carbonyl (C=O) groups excluding carboxylic acids is 1. The van der Waals surface area contributed by atoms with Crippen LogP contribution in [0, 0.1) is 5.82 Å². The minimum Gasteiger partial charge on any atom is -0.509 e. The number of carbonyl (C=O) groups is 1. The van der Waals surface area contributed by atoms with Crippen LogP contribution in [-0.4, -0.2) is 29.8 Å². The molecule has 0 radical (unpaired) electrons. The minimum absolute atomic E-state index is 0.0470. The Morgan fingerprint density at radius 2 is 1.90 bits per heavy atom. The molecule has 1 aliphatic carbocycles. The van der Waals surface area contributed by atoms with Gasteiger partial charge in [-0.1, -0.05) is 42.5 Å². The van der Waals surface area contributed by atoms with Crippen LogP contribution in [-0.2, 0) is 9.53 Å². The Morgan fingerprint density at radius 3 is 2.53 bits per heavy atom. The van der Waals surface area contributed by atoms with E-state index in [0.717, 1.165) is 12.8 Å². The Labute approximate surface area is 180 Å². The second-order valence-corrected chi connectivity index (χ2v) is 8.24. The van der Waals surface area contributed by atoms with Gasteiger partial charge in [0.05, 0.1) is 22.2 Å². The summed E-state index contributed by atoms with van der Waals surface area (Å²) in [6, 6.07) is 9.98. The highest BCUT2D eigenvalue weighted by atomic mass is 35.5. The molecular formula is C24H23ClFNO3. The molecule has 1 fully saturated rings. The SMILES string of the molecule is C=Cc1ccc(-c2ccc(Cl)c(F)c2)cc1C1=C(O)C2(CCC(OC)CC2)NC1=O. The van der Waals surface area contributed by atoms with E-state index in [4.69, 9.17) is 16.3 Å². The van der Waals surface area contributed by atoms with E-state index in [2.05, 4.69) is 11.9 Å². The molecule has 2 aromatic carbocycles. The molecule has 2 aromatic rings. The normalized spacial score (nSPS) is 23.7. The van der Waals surface area contributed by atoms with Crippen molar-refractivity contribution in [3.8, 4) is 11.1 Å². The van der Waals surface area contributed by atoms with Crippen molar-refractivity contribution in [2.45, 2.75) is 37.3 Å². The summed E-state index contributed by atoms with van der Waals surface area (Å²) in [4.78, 5) is 13.0. The highest BCUT2D eigenvalue weighted by Crippen LogP contribution is 2.43. The number of aliphatic hydroxyl groups is 1. The molecule has 2 aliphatic rings. The lowest BCUT2D eigenvalue weighted by Crippen LogP contribution is -2.48. The first-order valence-electron chi connectivity index (χ1n) is 9.90. The van der Waals surface area contributed by atoms with Gasteiger partial charge in [-0.15, -0.1) is 0 Å². The third-order valence-corrected chi connectivity index (χ3v) is 6.49. The Hall–Kier alpha value is -2.63. The number of methoxy groups -OCH3 is 1. The molecule has 156 valence electrons. The van der Waals surface area contributed by atoms with Crippen LogP contribution >= 0.6 is 11.6 Å². The maximum Gasteiger partial charge on any atom is 0.256 e. The molecule has 0 aromatic heterocycles. The van der Waals surface area contributed by atoms with Crippen LogP contribution < -0.4 is 5.32 Å². The molecule has 1 heterocycles. The van der Waals surface area contributed by atoms with Crippen molar-refractivity contribution in [1.82, 2.24) is 5.32 Å². The van der Waals surface area contributed by atoms with Crippen molar-refractivity contribution in [1.29, 1.82) is 0 Å². The van der Waals surface area contributed by atoms with Gasteiger partial charge in [0.25, 0.3) is 5.91 Å². The fraction of sp³-hybridized carbons (Fsp3) is 0.292. The van der Waals surface area contributed by atoms with Crippen LogP contribution in [0.1, 0.15) is 36.8 Å². The van der Waals surface area contributed by atoms with E-state index in [1.54, 1.807) is 25.3 Å². The van der Waals surface area contributed by atoms with Crippen molar-refractivity contribution < 1.29 is 19.0 Å². The molecule has 0 saturated heterocycles. The topological polar surface area (TPSA) is 58.6 Å². The van der Waals surface area contributed by atoms with Crippen LogP contribution in [0.25, 0.3) is 22.8 Å². The number of ether oxygens (including phenoxy) is 1. The summed E-state index contributed by atoms with van der Waals surface area (Å²) in [7, 11) is 1.68. The van der Waals surface area contributed by atoms with E-state index in [1.807, 2.05) is 12.1 Å². The molecule has 1 amide bonds. The molecule has 0 bridgehead atoms. The van der Waals surface area contributed by atoms with E-state index in [-0.39, 0.29) is 28.4 Å². The number of rotatable bonds is 4. The van der Waals surface area contributed by atoms with E-state index >= 15 is 0 Å². The predicted molar refractivity (Wildman–Crippen MR) is 117 cm³/mol. The number of halogens is 2. The Kier molecular flexibility index (Phi) is 5.43. The largest absolute Gasteiger partial charge is 0.509 e. The van der Waals surface area contributed by atoms with Gasteiger partial charge in [-0.2, -0.15) is 0 Å². The lowest BCUT2D eigenvalue weighted by molar-refractivity contribution is -0.116. The standard InChI is InChI=1S/C24H23ClFNO3/c1-3-14-4-5-15(16-6-7-19(25)20(26)13-16)12-18(14)21-22(28)24(27-23(21)29)10-8-17(30-2)9-11-24/h3-7,12-13,17,28H,1,8-11H2,2H3,(H,27,29). The van der Waals surface area contributed by atoms with Crippen LogP contribution in [0.15, 0.2) is 48.7 Å².